The van der Waals surface area contributed by atoms with E-state index in [2.05, 4.69) is 158 Å². The van der Waals surface area contributed by atoms with Crippen molar-refractivity contribution in [2.75, 3.05) is 0 Å². The smallest absolute Gasteiger partial charge is 0.000718 e. The van der Waals surface area contributed by atoms with Crippen molar-refractivity contribution in [2.24, 2.45) is 0 Å². The molecule has 0 nitrogen and oxygen atoms in total. The highest BCUT2D eigenvalue weighted by Gasteiger charge is 2.33. The maximum Gasteiger partial charge on any atom is -0.000718 e. The van der Waals surface area contributed by atoms with Gasteiger partial charge in [-0.2, -0.15) is 0 Å². The van der Waals surface area contributed by atoms with Crippen LogP contribution >= 0.6 is 0 Å². The van der Waals surface area contributed by atoms with Crippen molar-refractivity contribution in [3.63, 3.8) is 0 Å². The van der Waals surface area contributed by atoms with E-state index in [1.165, 1.54) is 120 Å². The van der Waals surface area contributed by atoms with Crippen molar-refractivity contribution in [3.8, 4) is 44.5 Å². The molecule has 10 aromatic carbocycles. The molecule has 0 radical (unpaired) electrons. The van der Waals surface area contributed by atoms with Gasteiger partial charge in [-0.05, 0) is 133 Å². The minimum absolute atomic E-state index is 1.13. The van der Waals surface area contributed by atoms with E-state index in [4.69, 9.17) is 0 Å². The maximum absolute atomic E-state index is 2.45. The quantitative estimate of drug-likeness (QED) is 0.167. The summed E-state index contributed by atoms with van der Waals surface area (Å²) in [6.45, 7) is 0. The summed E-state index contributed by atoms with van der Waals surface area (Å²) in [7, 11) is 0. The molecule has 10 aromatic rings. The van der Waals surface area contributed by atoms with Gasteiger partial charge in [-0.25, -0.2) is 0 Å². The van der Waals surface area contributed by atoms with Crippen LogP contribution in [0.1, 0.15) is 11.1 Å². The predicted molar refractivity (Wildman–Crippen MR) is 214 cm³/mol. The number of rotatable bonds is 2. The summed E-state index contributed by atoms with van der Waals surface area (Å²) >= 11 is 0. The first-order chi connectivity index (χ1) is 24.8. The predicted octanol–water partition coefficient (Wildman–Crippen LogP) is 13.7. The van der Waals surface area contributed by atoms with Gasteiger partial charge in [0.15, 0.2) is 0 Å². The van der Waals surface area contributed by atoms with Crippen LogP contribution in [0.4, 0.5) is 0 Å². The third-order valence-electron chi connectivity index (χ3n) is 11.9. The van der Waals surface area contributed by atoms with Crippen LogP contribution < -0.4 is 0 Å². The summed E-state index contributed by atoms with van der Waals surface area (Å²) in [4.78, 5) is 0. The molecular weight excluding hydrogens is 601 g/mol. The van der Waals surface area contributed by atoms with Gasteiger partial charge in [0.1, 0.15) is 0 Å². The summed E-state index contributed by atoms with van der Waals surface area (Å²) in [5, 5.41) is 15.9. The highest BCUT2D eigenvalue weighted by atomic mass is 14.4. The zero-order valence-electron chi connectivity index (χ0n) is 27.4. The van der Waals surface area contributed by atoms with Crippen molar-refractivity contribution < 1.29 is 0 Å². The Morgan fingerprint density at radius 1 is 0.240 bits per heavy atom. The monoisotopic (exact) mass is 630 g/mol. The van der Waals surface area contributed by atoms with Crippen LogP contribution in [0.3, 0.4) is 0 Å². The molecule has 0 fully saturated rings. The van der Waals surface area contributed by atoms with Crippen LogP contribution in [0, 0.1) is 0 Å². The molecule has 0 saturated carbocycles. The largest absolute Gasteiger partial charge is 0.0616 e. The van der Waals surface area contributed by atoms with Gasteiger partial charge in [0.2, 0.25) is 0 Å². The van der Waals surface area contributed by atoms with Crippen LogP contribution in [-0.4, -0.2) is 0 Å². The molecule has 0 spiro atoms. The lowest BCUT2D eigenvalue weighted by molar-refractivity contribution is 1.02. The molecule has 0 heteroatoms. The number of benzene rings is 10. The molecule has 50 heavy (non-hydrogen) atoms. The average molecular weight is 631 g/mol. The first kappa shape index (κ1) is 26.7. The van der Waals surface area contributed by atoms with E-state index in [0.717, 1.165) is 12.8 Å². The second-order valence-electron chi connectivity index (χ2n) is 14.2. The molecule has 0 aliphatic heterocycles. The summed E-state index contributed by atoms with van der Waals surface area (Å²) < 4.78 is 0. The van der Waals surface area contributed by atoms with Gasteiger partial charge in [-0.1, -0.05) is 158 Å². The van der Waals surface area contributed by atoms with Gasteiger partial charge >= 0.3 is 0 Å². The van der Waals surface area contributed by atoms with Crippen LogP contribution in [0.5, 0.6) is 0 Å². The molecule has 230 valence electrons. The maximum atomic E-state index is 2.45. The highest BCUT2D eigenvalue weighted by molar-refractivity contribution is 6.31. The van der Waals surface area contributed by atoms with Crippen LogP contribution in [0.15, 0.2) is 158 Å². The Morgan fingerprint density at radius 2 is 0.680 bits per heavy atom. The van der Waals surface area contributed by atoms with Crippen molar-refractivity contribution in [1.82, 2.24) is 0 Å². The summed E-state index contributed by atoms with van der Waals surface area (Å²) in [5.74, 6) is 0. The molecule has 2 aliphatic carbocycles. The Balaban J connectivity index is 1.30. The Bertz CT molecular complexity index is 2930. The first-order valence-electron chi connectivity index (χ1n) is 17.8. The highest BCUT2D eigenvalue weighted by Crippen LogP contribution is 2.60. The van der Waals surface area contributed by atoms with E-state index in [1.807, 2.05) is 0 Å². The van der Waals surface area contributed by atoms with Gasteiger partial charge < -0.3 is 0 Å². The second-order valence-corrected chi connectivity index (χ2v) is 14.2. The minimum atomic E-state index is 1.13. The number of fused-ring (bicyclic) bond motifs is 10. The van der Waals surface area contributed by atoms with Gasteiger partial charge in [0.05, 0.1) is 0 Å². The lowest BCUT2D eigenvalue weighted by Crippen LogP contribution is -1.95. The third kappa shape index (κ3) is 3.36. The van der Waals surface area contributed by atoms with Gasteiger partial charge in [0.25, 0.3) is 0 Å². The summed E-state index contributed by atoms with van der Waals surface area (Å²) in [6, 6.07) is 59.7. The Hall–Kier alpha value is -6.24. The van der Waals surface area contributed by atoms with Crippen molar-refractivity contribution in [2.45, 2.75) is 12.8 Å². The zero-order valence-corrected chi connectivity index (χ0v) is 27.4. The molecule has 0 heterocycles. The lowest BCUT2D eigenvalue weighted by atomic mass is 9.80. The minimum Gasteiger partial charge on any atom is -0.0616 e. The molecular formula is C50H30. The molecule has 0 atom stereocenters. The fourth-order valence-electron chi connectivity index (χ4n) is 9.80. The SMILES string of the molecule is c1ccc2c(c1)ccc1c(-c3c4c(c(-c5cccc6c5ccc5ccccc56)c5ccccc35)-c3ccc5c6c(ccc-4c36)CC5)cccc12. The van der Waals surface area contributed by atoms with E-state index in [-0.39, 0.29) is 0 Å². The Kier molecular flexibility index (Phi) is 5.17. The molecule has 0 unspecified atom stereocenters. The zero-order chi connectivity index (χ0) is 32.5. The van der Waals surface area contributed by atoms with Gasteiger partial charge in [0, 0.05) is 0 Å². The van der Waals surface area contributed by atoms with Crippen LogP contribution in [0.25, 0.3) is 109 Å². The average Bonchev–Trinajstić information content (AvgIpc) is 3.75. The number of hydrogen-bond acceptors (Lipinski definition) is 0. The topological polar surface area (TPSA) is 0 Å². The molecule has 0 bridgehead atoms. The molecule has 0 aromatic heterocycles. The van der Waals surface area contributed by atoms with E-state index < -0.39 is 0 Å². The van der Waals surface area contributed by atoms with E-state index in [1.54, 1.807) is 0 Å². The van der Waals surface area contributed by atoms with Gasteiger partial charge in [-0.3, -0.25) is 0 Å². The van der Waals surface area contributed by atoms with Crippen molar-refractivity contribution in [1.29, 1.82) is 0 Å². The normalized spacial score (nSPS) is 13.0. The Morgan fingerprint density at radius 3 is 1.18 bits per heavy atom. The fraction of sp³-hybridized carbons (Fsp3) is 0.0400. The molecule has 0 N–H and O–H groups in total. The lowest BCUT2D eigenvalue weighted by Gasteiger charge is -2.22. The molecule has 0 saturated heterocycles. The Labute approximate surface area is 289 Å². The van der Waals surface area contributed by atoms with Crippen molar-refractivity contribution in [3.05, 3.63) is 169 Å². The van der Waals surface area contributed by atoms with Gasteiger partial charge in [-0.15, -0.1) is 0 Å². The summed E-state index contributed by atoms with van der Waals surface area (Å²) in [6.07, 6.45) is 2.25. The second kappa shape index (κ2) is 9.68. The number of aryl methyl sites for hydroxylation is 2. The van der Waals surface area contributed by atoms with Crippen LogP contribution in [0.2, 0.25) is 0 Å². The first-order valence-corrected chi connectivity index (χ1v) is 17.8. The molecule has 2 aliphatic rings. The third-order valence-corrected chi connectivity index (χ3v) is 11.9. The van der Waals surface area contributed by atoms with Crippen molar-refractivity contribution >= 4 is 64.6 Å². The van der Waals surface area contributed by atoms with E-state index in [9.17, 15) is 0 Å². The summed E-state index contributed by atoms with van der Waals surface area (Å²) in [5.41, 5.74) is 13.8. The molecule has 0 amide bonds. The number of hydrogen-bond donors (Lipinski definition) is 0. The van der Waals surface area contributed by atoms with E-state index >= 15 is 0 Å². The van der Waals surface area contributed by atoms with Crippen LogP contribution in [-0.2, 0) is 12.8 Å². The van der Waals surface area contributed by atoms with E-state index in [0.29, 0.717) is 0 Å². The standard InChI is InChI=1S/C50H30/c1-3-11-33-29(9-1)21-25-37-35(33)15-7-17-39(37)46-41-13-5-6-14-42(41)47(40-18-8-16-36-34-12-4-2-10-30(34)22-26-38(36)40)50-44-28-24-32-20-19-31-23-27-43(49(46)50)48(44)45(31)32/h1-18,21-28H,19-20H2. The molecule has 12 rings (SSSR count). The fourth-order valence-corrected chi connectivity index (χ4v) is 9.80.